The van der Waals surface area contributed by atoms with Crippen LogP contribution in [0.3, 0.4) is 0 Å². The second kappa shape index (κ2) is 4.87. The third-order valence-electron chi connectivity index (χ3n) is 2.95. The van der Waals surface area contributed by atoms with E-state index in [1.165, 1.54) is 0 Å². The van der Waals surface area contributed by atoms with Crippen LogP contribution in [0.25, 0.3) is 0 Å². The molecule has 0 aromatic heterocycles. The van der Waals surface area contributed by atoms with E-state index in [1.54, 1.807) is 24.8 Å². The smallest absolute Gasteiger partial charge is 0.141 e. The number of rotatable bonds is 2. The van der Waals surface area contributed by atoms with Crippen molar-refractivity contribution in [2.45, 2.75) is 22.8 Å². The Hall–Kier alpha value is -1.52. The molecule has 0 saturated carbocycles. The fourth-order valence-electron chi connectivity index (χ4n) is 1.89. The van der Waals surface area contributed by atoms with E-state index in [1.807, 2.05) is 30.3 Å². The Bertz CT molecular complexity index is 660. The van der Waals surface area contributed by atoms with Gasteiger partial charge in [-0.15, -0.1) is 0 Å². The van der Waals surface area contributed by atoms with Gasteiger partial charge in [0.1, 0.15) is 17.5 Å². The minimum absolute atomic E-state index is 0.355. The van der Waals surface area contributed by atoms with Gasteiger partial charge < -0.3 is 4.74 Å². The summed E-state index contributed by atoms with van der Waals surface area (Å²) < 4.78 is 5.81. The fourth-order valence-corrected chi connectivity index (χ4v) is 3.17. The van der Waals surface area contributed by atoms with Crippen molar-refractivity contribution in [2.75, 3.05) is 0 Å². The van der Waals surface area contributed by atoms with Crippen molar-refractivity contribution in [3.8, 4) is 11.5 Å². The van der Waals surface area contributed by atoms with Crippen LogP contribution < -0.4 is 4.74 Å². The molecule has 1 unspecified atom stereocenters. The summed E-state index contributed by atoms with van der Waals surface area (Å²) in [5, 5.41) is 3.72. The van der Waals surface area contributed by atoms with Crippen LogP contribution in [0, 0.1) is 4.91 Å². The Labute approximate surface area is 119 Å². The van der Waals surface area contributed by atoms with Crippen LogP contribution in [0.5, 0.6) is 11.5 Å². The molecule has 1 atom stereocenters. The largest absolute Gasteiger partial charge is 0.455 e. The van der Waals surface area contributed by atoms with E-state index in [-0.39, 0.29) is 6.04 Å². The molecular weight excluding hydrogens is 282 g/mol. The summed E-state index contributed by atoms with van der Waals surface area (Å²) in [5.41, 5.74) is 0.885. The SMILES string of the molecule is CC(N=O)c1ccc2c(c1)Sc1cc(Cl)ccc1O2. The van der Waals surface area contributed by atoms with Gasteiger partial charge in [-0.1, -0.05) is 34.6 Å². The molecular formula is C14H10ClNO2S. The predicted octanol–water partition coefficient (Wildman–Crippen LogP) is 5.42. The number of halogens is 1. The topological polar surface area (TPSA) is 38.7 Å². The number of ether oxygens (including phenoxy) is 1. The van der Waals surface area contributed by atoms with E-state index in [9.17, 15) is 4.91 Å². The average molecular weight is 292 g/mol. The Kier molecular flexibility index (Phi) is 3.21. The molecule has 5 heteroatoms. The van der Waals surface area contributed by atoms with Gasteiger partial charge >= 0.3 is 0 Å². The maximum absolute atomic E-state index is 10.6. The maximum atomic E-state index is 10.6. The van der Waals surface area contributed by atoms with E-state index in [0.717, 1.165) is 26.9 Å². The maximum Gasteiger partial charge on any atom is 0.141 e. The molecule has 2 aromatic rings. The van der Waals surface area contributed by atoms with E-state index in [2.05, 4.69) is 5.18 Å². The normalized spacial score (nSPS) is 14.0. The molecule has 1 heterocycles. The van der Waals surface area contributed by atoms with E-state index < -0.39 is 0 Å². The van der Waals surface area contributed by atoms with Crippen molar-refractivity contribution in [3.63, 3.8) is 0 Å². The van der Waals surface area contributed by atoms with Gasteiger partial charge in [0.15, 0.2) is 0 Å². The zero-order valence-electron chi connectivity index (χ0n) is 10.1. The molecule has 0 saturated heterocycles. The summed E-state index contributed by atoms with van der Waals surface area (Å²) in [6, 6.07) is 10.9. The first kappa shape index (κ1) is 12.5. The van der Waals surface area contributed by atoms with Crippen LogP contribution >= 0.6 is 23.4 Å². The molecule has 0 aliphatic carbocycles. The lowest BCUT2D eigenvalue weighted by atomic mass is 10.1. The first-order chi connectivity index (χ1) is 9.17. The van der Waals surface area contributed by atoms with Gasteiger partial charge in [0.2, 0.25) is 0 Å². The van der Waals surface area contributed by atoms with Crippen molar-refractivity contribution < 1.29 is 4.74 Å². The van der Waals surface area contributed by atoms with Gasteiger partial charge in [-0.25, -0.2) is 0 Å². The molecule has 0 spiro atoms. The van der Waals surface area contributed by atoms with Gasteiger partial charge in [-0.2, -0.15) is 4.91 Å². The lowest BCUT2D eigenvalue weighted by molar-refractivity contribution is 0.454. The van der Waals surface area contributed by atoms with Crippen molar-refractivity contribution in [2.24, 2.45) is 5.18 Å². The monoisotopic (exact) mass is 291 g/mol. The number of nitrogens with zero attached hydrogens (tertiary/aromatic N) is 1. The van der Waals surface area contributed by atoms with Crippen LogP contribution in [0.15, 0.2) is 51.4 Å². The average Bonchev–Trinajstić information content (AvgIpc) is 2.43. The summed E-state index contributed by atoms with van der Waals surface area (Å²) in [5.74, 6) is 1.60. The standard InChI is InChI=1S/C14H10ClNO2S/c1-8(16-17)9-2-4-11-13(6-9)19-14-7-10(15)3-5-12(14)18-11/h2-8H,1H3. The quantitative estimate of drug-likeness (QED) is 0.591. The molecule has 3 nitrogen and oxygen atoms in total. The first-order valence-corrected chi connectivity index (χ1v) is 6.98. The Morgan fingerprint density at radius 1 is 1.16 bits per heavy atom. The number of benzene rings is 2. The van der Waals surface area contributed by atoms with Crippen molar-refractivity contribution in [3.05, 3.63) is 51.9 Å². The van der Waals surface area contributed by atoms with Crippen LogP contribution in [-0.2, 0) is 0 Å². The number of hydrogen-bond donors (Lipinski definition) is 0. The minimum atomic E-state index is -0.355. The van der Waals surface area contributed by atoms with Crippen LogP contribution in [-0.4, -0.2) is 0 Å². The summed E-state index contributed by atoms with van der Waals surface area (Å²) >= 11 is 7.57. The van der Waals surface area contributed by atoms with Gasteiger partial charge in [0, 0.05) is 5.02 Å². The van der Waals surface area contributed by atoms with Crippen LogP contribution in [0.1, 0.15) is 18.5 Å². The summed E-state index contributed by atoms with van der Waals surface area (Å²) in [4.78, 5) is 12.6. The van der Waals surface area contributed by atoms with Gasteiger partial charge in [0.05, 0.1) is 9.79 Å². The minimum Gasteiger partial charge on any atom is -0.455 e. The third-order valence-corrected chi connectivity index (χ3v) is 4.27. The highest BCUT2D eigenvalue weighted by Crippen LogP contribution is 2.48. The highest BCUT2D eigenvalue weighted by Gasteiger charge is 2.19. The lowest BCUT2D eigenvalue weighted by Crippen LogP contribution is -1.97. The predicted molar refractivity (Wildman–Crippen MR) is 76.3 cm³/mol. The molecule has 1 aliphatic heterocycles. The van der Waals surface area contributed by atoms with Gasteiger partial charge in [-0.05, 0) is 42.8 Å². The van der Waals surface area contributed by atoms with Gasteiger partial charge in [-0.3, -0.25) is 0 Å². The summed E-state index contributed by atoms with van der Waals surface area (Å²) in [7, 11) is 0. The van der Waals surface area contributed by atoms with Crippen LogP contribution in [0.4, 0.5) is 0 Å². The second-order valence-corrected chi connectivity index (χ2v) is 5.80. The molecule has 0 bridgehead atoms. The first-order valence-electron chi connectivity index (χ1n) is 5.79. The molecule has 19 heavy (non-hydrogen) atoms. The second-order valence-electron chi connectivity index (χ2n) is 4.28. The highest BCUT2D eigenvalue weighted by atomic mass is 35.5. The number of nitroso groups, excluding NO2 is 1. The molecule has 0 radical (unpaired) electrons. The van der Waals surface area contributed by atoms with E-state index in [4.69, 9.17) is 16.3 Å². The lowest BCUT2D eigenvalue weighted by Gasteiger charge is -2.20. The molecule has 2 aromatic carbocycles. The number of fused-ring (bicyclic) bond motifs is 2. The van der Waals surface area contributed by atoms with Crippen molar-refractivity contribution in [1.29, 1.82) is 0 Å². The molecule has 0 fully saturated rings. The fraction of sp³-hybridized carbons (Fsp3) is 0.143. The molecule has 3 rings (SSSR count). The Morgan fingerprint density at radius 3 is 2.58 bits per heavy atom. The third kappa shape index (κ3) is 2.33. The summed E-state index contributed by atoms with van der Waals surface area (Å²) in [6.07, 6.45) is 0. The summed E-state index contributed by atoms with van der Waals surface area (Å²) in [6.45, 7) is 1.77. The molecule has 0 amide bonds. The van der Waals surface area contributed by atoms with Crippen molar-refractivity contribution >= 4 is 23.4 Å². The van der Waals surface area contributed by atoms with Crippen molar-refractivity contribution in [1.82, 2.24) is 0 Å². The zero-order chi connectivity index (χ0) is 13.4. The highest BCUT2D eigenvalue weighted by molar-refractivity contribution is 7.99. The zero-order valence-corrected chi connectivity index (χ0v) is 11.7. The molecule has 96 valence electrons. The molecule has 1 aliphatic rings. The van der Waals surface area contributed by atoms with Gasteiger partial charge in [0.25, 0.3) is 0 Å². The van der Waals surface area contributed by atoms with Crippen LogP contribution in [0.2, 0.25) is 5.02 Å². The Morgan fingerprint density at radius 2 is 1.84 bits per heavy atom. The van der Waals surface area contributed by atoms with E-state index >= 15 is 0 Å². The molecule has 0 N–H and O–H groups in total. The van der Waals surface area contributed by atoms with E-state index in [0.29, 0.717) is 5.02 Å². The Balaban J connectivity index is 2.01. The number of hydrogen-bond acceptors (Lipinski definition) is 4.